The van der Waals surface area contributed by atoms with Crippen LogP contribution in [-0.2, 0) is 10.0 Å². The first-order chi connectivity index (χ1) is 9.81. The maximum absolute atomic E-state index is 12.2. The summed E-state index contributed by atoms with van der Waals surface area (Å²) in [7, 11) is -3.98. The molecule has 1 heterocycles. The smallest absolute Gasteiger partial charge is 0.279 e. The lowest BCUT2D eigenvalue weighted by atomic mass is 10.3. The summed E-state index contributed by atoms with van der Waals surface area (Å²) in [5.41, 5.74) is -0.211. The van der Waals surface area contributed by atoms with Crippen LogP contribution in [0.2, 0.25) is 5.02 Å². The number of hydrogen-bond acceptors (Lipinski definition) is 5. The van der Waals surface area contributed by atoms with E-state index in [-0.39, 0.29) is 25.8 Å². The van der Waals surface area contributed by atoms with E-state index in [0.717, 1.165) is 12.3 Å². The number of halogens is 2. The van der Waals surface area contributed by atoms with Gasteiger partial charge < -0.3 is 0 Å². The predicted molar refractivity (Wildman–Crippen MR) is 80.9 cm³/mol. The van der Waals surface area contributed by atoms with Gasteiger partial charge in [0.05, 0.1) is 20.1 Å². The number of sulfonamides is 1. The fraction of sp³-hybridized carbons (Fsp3) is 0. The second-order valence-corrected chi connectivity index (χ2v) is 6.75. The number of nitrogens with zero attached hydrogens (tertiary/aromatic N) is 2. The third-order valence-electron chi connectivity index (χ3n) is 2.42. The van der Waals surface area contributed by atoms with Crippen LogP contribution in [0.3, 0.4) is 0 Å². The average molecular weight is 393 g/mol. The molecule has 0 aliphatic carbocycles. The Morgan fingerprint density at radius 3 is 2.67 bits per heavy atom. The number of benzene rings is 1. The van der Waals surface area contributed by atoms with Crippen molar-refractivity contribution in [2.24, 2.45) is 0 Å². The molecule has 1 N–H and O–H groups in total. The summed E-state index contributed by atoms with van der Waals surface area (Å²) in [5, 5.41) is 10.8. The maximum Gasteiger partial charge on any atom is 0.285 e. The summed E-state index contributed by atoms with van der Waals surface area (Å²) in [5.74, 6) is 0. The van der Waals surface area contributed by atoms with Crippen LogP contribution in [0.25, 0.3) is 0 Å². The number of nitro groups is 1. The largest absolute Gasteiger partial charge is 0.285 e. The molecular weight excluding hydrogens is 386 g/mol. The van der Waals surface area contributed by atoms with Crippen LogP contribution in [-0.4, -0.2) is 18.3 Å². The van der Waals surface area contributed by atoms with Gasteiger partial charge in [0.1, 0.15) is 4.90 Å². The molecular formula is C11H7BrClN3O4S. The topological polar surface area (TPSA) is 102 Å². The van der Waals surface area contributed by atoms with Gasteiger partial charge in [0.2, 0.25) is 0 Å². The molecule has 2 aromatic rings. The van der Waals surface area contributed by atoms with E-state index in [9.17, 15) is 18.5 Å². The van der Waals surface area contributed by atoms with Gasteiger partial charge in [-0.2, -0.15) is 0 Å². The van der Waals surface area contributed by atoms with Gasteiger partial charge in [0, 0.05) is 18.5 Å². The van der Waals surface area contributed by atoms with Crippen LogP contribution in [0.4, 0.5) is 11.4 Å². The van der Waals surface area contributed by atoms with Crippen LogP contribution < -0.4 is 4.72 Å². The number of aromatic nitrogens is 1. The fourth-order valence-electron chi connectivity index (χ4n) is 1.49. The lowest BCUT2D eigenvalue weighted by molar-refractivity contribution is -0.385. The molecule has 0 radical (unpaired) electrons. The summed E-state index contributed by atoms with van der Waals surface area (Å²) < 4.78 is 26.8. The highest BCUT2D eigenvalue weighted by molar-refractivity contribution is 9.10. The lowest BCUT2D eigenvalue weighted by Gasteiger charge is -2.09. The molecule has 0 aliphatic heterocycles. The Hall–Kier alpha value is -1.71. The highest BCUT2D eigenvalue weighted by atomic mass is 79.9. The zero-order chi connectivity index (χ0) is 15.6. The molecule has 1 aromatic carbocycles. The van der Waals surface area contributed by atoms with Gasteiger partial charge in [0.25, 0.3) is 15.7 Å². The van der Waals surface area contributed by atoms with Gasteiger partial charge in [-0.05, 0) is 34.1 Å². The third-order valence-corrected chi connectivity index (χ3v) is 4.94. The summed E-state index contributed by atoms with van der Waals surface area (Å²) >= 11 is 8.82. The molecule has 7 nitrogen and oxygen atoms in total. The molecule has 2 rings (SSSR count). The molecule has 0 saturated carbocycles. The van der Waals surface area contributed by atoms with Crippen molar-refractivity contribution in [3.05, 3.63) is 56.3 Å². The molecule has 0 saturated heterocycles. The Bertz CT molecular complexity index is 813. The number of hydrogen-bond donors (Lipinski definition) is 1. The maximum atomic E-state index is 12.2. The van der Waals surface area contributed by atoms with Gasteiger partial charge >= 0.3 is 0 Å². The molecule has 0 bridgehead atoms. The molecule has 110 valence electrons. The van der Waals surface area contributed by atoms with Gasteiger partial charge in [-0.3, -0.25) is 19.8 Å². The number of nitro benzene ring substituents is 1. The van der Waals surface area contributed by atoms with E-state index in [1.165, 1.54) is 24.4 Å². The van der Waals surface area contributed by atoms with Gasteiger partial charge in [-0.1, -0.05) is 11.6 Å². The van der Waals surface area contributed by atoms with E-state index in [4.69, 9.17) is 11.6 Å². The molecule has 0 spiro atoms. The minimum Gasteiger partial charge on any atom is -0.279 e. The van der Waals surface area contributed by atoms with Gasteiger partial charge in [-0.15, -0.1) is 0 Å². The third kappa shape index (κ3) is 3.49. The highest BCUT2D eigenvalue weighted by Gasteiger charge is 2.20. The molecule has 0 aliphatic rings. The molecule has 0 atom stereocenters. The summed E-state index contributed by atoms with van der Waals surface area (Å²) in [6.07, 6.45) is 2.45. The van der Waals surface area contributed by atoms with Gasteiger partial charge in [-0.25, -0.2) is 8.42 Å². The molecule has 0 unspecified atom stereocenters. The predicted octanol–water partition coefficient (Wildman–Crippen LogP) is 3.21. The number of anilines is 1. The van der Waals surface area contributed by atoms with E-state index >= 15 is 0 Å². The van der Waals surface area contributed by atoms with E-state index in [1.54, 1.807) is 0 Å². The van der Waals surface area contributed by atoms with E-state index in [0.29, 0.717) is 0 Å². The fourth-order valence-corrected chi connectivity index (χ4v) is 3.36. The Morgan fingerprint density at radius 2 is 2.05 bits per heavy atom. The van der Waals surface area contributed by atoms with E-state index in [1.807, 2.05) is 0 Å². The van der Waals surface area contributed by atoms with E-state index < -0.39 is 14.9 Å². The zero-order valence-corrected chi connectivity index (χ0v) is 13.3. The zero-order valence-electron chi connectivity index (χ0n) is 10.2. The van der Waals surface area contributed by atoms with Gasteiger partial charge in [0.15, 0.2) is 0 Å². The SMILES string of the molecule is O=[N+]([O-])c1cc(NS(=O)(=O)c2cnccc2Cl)ccc1Br. The van der Waals surface area contributed by atoms with Crippen LogP contribution in [0.1, 0.15) is 0 Å². The summed E-state index contributed by atoms with van der Waals surface area (Å²) in [6, 6.07) is 5.20. The Morgan fingerprint density at radius 1 is 1.33 bits per heavy atom. The average Bonchev–Trinajstić information content (AvgIpc) is 2.40. The Labute approximate surface area is 133 Å². The van der Waals surface area contributed by atoms with Crippen molar-refractivity contribution in [1.82, 2.24) is 4.98 Å². The molecule has 0 amide bonds. The summed E-state index contributed by atoms with van der Waals surface area (Å²) in [4.78, 5) is 13.7. The molecule has 0 fully saturated rings. The number of rotatable bonds is 4. The van der Waals surface area contributed by atoms with Crippen molar-refractivity contribution in [3.63, 3.8) is 0 Å². The highest BCUT2D eigenvalue weighted by Crippen LogP contribution is 2.29. The number of nitrogens with one attached hydrogen (secondary N) is 1. The Kier molecular flexibility index (Phi) is 4.45. The second-order valence-electron chi connectivity index (χ2n) is 3.83. The van der Waals surface area contributed by atoms with Crippen molar-refractivity contribution in [2.45, 2.75) is 4.90 Å². The van der Waals surface area contributed by atoms with Crippen LogP contribution in [0.5, 0.6) is 0 Å². The quantitative estimate of drug-likeness (QED) is 0.636. The van der Waals surface area contributed by atoms with Crippen molar-refractivity contribution in [3.8, 4) is 0 Å². The van der Waals surface area contributed by atoms with Crippen molar-refractivity contribution < 1.29 is 13.3 Å². The Balaban J connectivity index is 2.40. The second kappa shape index (κ2) is 5.96. The van der Waals surface area contributed by atoms with Crippen molar-refractivity contribution in [1.29, 1.82) is 0 Å². The standard InChI is InChI=1S/C11H7BrClN3O4S/c12-8-2-1-7(5-10(8)16(17)18)15-21(19,20)11-6-14-4-3-9(11)13/h1-6,15H. The van der Waals surface area contributed by atoms with Crippen LogP contribution in [0, 0.1) is 10.1 Å². The monoisotopic (exact) mass is 391 g/mol. The first-order valence-corrected chi connectivity index (χ1v) is 8.03. The van der Waals surface area contributed by atoms with Crippen LogP contribution in [0.15, 0.2) is 46.0 Å². The summed E-state index contributed by atoms with van der Waals surface area (Å²) in [6.45, 7) is 0. The minimum atomic E-state index is -3.98. The molecule has 21 heavy (non-hydrogen) atoms. The van der Waals surface area contributed by atoms with Crippen molar-refractivity contribution >= 4 is 48.9 Å². The molecule has 1 aromatic heterocycles. The number of pyridine rings is 1. The minimum absolute atomic E-state index is 0.00381. The van der Waals surface area contributed by atoms with E-state index in [2.05, 4.69) is 25.6 Å². The first kappa shape index (κ1) is 15.7. The first-order valence-electron chi connectivity index (χ1n) is 5.37. The normalized spacial score (nSPS) is 11.1. The lowest BCUT2D eigenvalue weighted by Crippen LogP contribution is -2.13. The van der Waals surface area contributed by atoms with Crippen molar-refractivity contribution in [2.75, 3.05) is 4.72 Å². The molecule has 10 heteroatoms. The van der Waals surface area contributed by atoms with Crippen LogP contribution >= 0.6 is 27.5 Å².